The van der Waals surface area contributed by atoms with Crippen LogP contribution in [0.2, 0.25) is 0 Å². The fourth-order valence-electron chi connectivity index (χ4n) is 2.04. The zero-order chi connectivity index (χ0) is 18.4. The number of hydrogen-bond acceptors (Lipinski definition) is 4. The monoisotopic (exact) mass is 339 g/mol. The van der Waals surface area contributed by atoms with E-state index in [-0.39, 0.29) is 17.3 Å². The van der Waals surface area contributed by atoms with Gasteiger partial charge in [0.05, 0.1) is 4.92 Å². The first kappa shape index (κ1) is 17.9. The number of rotatable bonds is 5. The molecule has 0 aromatic heterocycles. The normalized spacial score (nSPS) is 10.9. The summed E-state index contributed by atoms with van der Waals surface area (Å²) >= 11 is 0. The van der Waals surface area contributed by atoms with Crippen LogP contribution in [0.5, 0.6) is 0 Å². The smallest absolute Gasteiger partial charge is 0.269 e. The minimum atomic E-state index is -0.503. The third-order valence-electron chi connectivity index (χ3n) is 3.34. The van der Waals surface area contributed by atoms with Gasteiger partial charge in [-0.15, -0.1) is 0 Å². The van der Waals surface area contributed by atoms with Gasteiger partial charge in [-0.05, 0) is 35.9 Å². The SMILES string of the molecule is CN(C)C(=O)/C(=C/c1ccc([N+](=O)[O-])cc1)NC(=O)c1ccccc1. The highest BCUT2D eigenvalue weighted by Crippen LogP contribution is 2.14. The van der Waals surface area contributed by atoms with Crippen molar-refractivity contribution in [1.29, 1.82) is 0 Å². The third-order valence-corrected chi connectivity index (χ3v) is 3.34. The first-order chi connectivity index (χ1) is 11.9. The highest BCUT2D eigenvalue weighted by atomic mass is 16.6. The molecule has 25 heavy (non-hydrogen) atoms. The number of nitro benzene ring substituents is 1. The van der Waals surface area contributed by atoms with Crippen molar-refractivity contribution in [1.82, 2.24) is 10.2 Å². The van der Waals surface area contributed by atoms with E-state index in [1.165, 1.54) is 35.2 Å². The van der Waals surface area contributed by atoms with Gasteiger partial charge in [0, 0.05) is 31.8 Å². The highest BCUT2D eigenvalue weighted by molar-refractivity contribution is 6.05. The summed E-state index contributed by atoms with van der Waals surface area (Å²) in [4.78, 5) is 36.2. The summed E-state index contributed by atoms with van der Waals surface area (Å²) in [7, 11) is 3.14. The fourth-order valence-corrected chi connectivity index (χ4v) is 2.04. The first-order valence-electron chi connectivity index (χ1n) is 7.42. The maximum absolute atomic E-state index is 12.3. The number of carbonyl (C=O) groups excluding carboxylic acids is 2. The second-order valence-electron chi connectivity index (χ2n) is 5.43. The van der Waals surface area contributed by atoms with Gasteiger partial charge in [0.1, 0.15) is 5.70 Å². The number of nitrogens with one attached hydrogen (secondary N) is 1. The van der Waals surface area contributed by atoms with Gasteiger partial charge in [-0.3, -0.25) is 19.7 Å². The average molecular weight is 339 g/mol. The number of carbonyl (C=O) groups is 2. The van der Waals surface area contributed by atoms with Crippen molar-refractivity contribution in [2.24, 2.45) is 0 Å². The number of nitrogens with zero attached hydrogens (tertiary/aromatic N) is 2. The molecule has 0 fully saturated rings. The van der Waals surface area contributed by atoms with E-state index in [2.05, 4.69) is 5.32 Å². The molecule has 0 heterocycles. The minimum absolute atomic E-state index is 0.0500. The van der Waals surface area contributed by atoms with Crippen molar-refractivity contribution in [2.45, 2.75) is 0 Å². The summed E-state index contributed by atoms with van der Waals surface area (Å²) in [6, 6.07) is 14.2. The number of nitro groups is 1. The Balaban J connectivity index is 2.30. The standard InChI is InChI=1S/C18H17N3O4/c1-20(2)18(23)16(19-17(22)14-6-4-3-5-7-14)12-13-8-10-15(11-9-13)21(24)25/h3-12H,1-2H3,(H,19,22)/b16-12-. The Morgan fingerprint density at radius 3 is 2.16 bits per heavy atom. The van der Waals surface area contributed by atoms with Crippen LogP contribution in [-0.2, 0) is 4.79 Å². The zero-order valence-electron chi connectivity index (χ0n) is 13.8. The summed E-state index contributed by atoms with van der Waals surface area (Å²) in [5, 5.41) is 13.3. The van der Waals surface area contributed by atoms with Crippen LogP contribution >= 0.6 is 0 Å². The van der Waals surface area contributed by atoms with Crippen LogP contribution in [0.25, 0.3) is 6.08 Å². The third kappa shape index (κ3) is 4.74. The van der Waals surface area contributed by atoms with Crippen molar-refractivity contribution in [2.75, 3.05) is 14.1 Å². The lowest BCUT2D eigenvalue weighted by Gasteiger charge is -2.15. The fraction of sp³-hybridized carbons (Fsp3) is 0.111. The summed E-state index contributed by atoms with van der Waals surface area (Å²) < 4.78 is 0. The van der Waals surface area contributed by atoms with Gasteiger partial charge >= 0.3 is 0 Å². The predicted molar refractivity (Wildman–Crippen MR) is 93.7 cm³/mol. The molecule has 0 saturated heterocycles. The Hall–Kier alpha value is -3.48. The topological polar surface area (TPSA) is 92.6 Å². The van der Waals surface area contributed by atoms with E-state index in [1.807, 2.05) is 0 Å². The molecule has 128 valence electrons. The Labute approximate surface area is 144 Å². The molecule has 0 aliphatic rings. The lowest BCUT2D eigenvalue weighted by atomic mass is 10.1. The van der Waals surface area contributed by atoms with E-state index in [0.717, 1.165) is 0 Å². The second kappa shape index (κ2) is 7.87. The van der Waals surface area contributed by atoms with Crippen molar-refractivity contribution < 1.29 is 14.5 Å². The lowest BCUT2D eigenvalue weighted by molar-refractivity contribution is -0.384. The molecule has 0 bridgehead atoms. The second-order valence-corrected chi connectivity index (χ2v) is 5.43. The number of amides is 2. The molecule has 0 spiro atoms. The van der Waals surface area contributed by atoms with E-state index in [1.54, 1.807) is 44.4 Å². The Morgan fingerprint density at radius 2 is 1.64 bits per heavy atom. The van der Waals surface area contributed by atoms with Crippen LogP contribution in [0.3, 0.4) is 0 Å². The van der Waals surface area contributed by atoms with Crippen LogP contribution in [0.1, 0.15) is 15.9 Å². The Kier molecular flexibility index (Phi) is 5.62. The largest absolute Gasteiger partial charge is 0.344 e. The Bertz CT molecular complexity index is 812. The Morgan fingerprint density at radius 1 is 1.04 bits per heavy atom. The summed E-state index contributed by atoms with van der Waals surface area (Å²) in [6.07, 6.45) is 1.48. The van der Waals surface area contributed by atoms with E-state index in [9.17, 15) is 19.7 Å². The minimum Gasteiger partial charge on any atom is -0.344 e. The number of benzene rings is 2. The van der Waals surface area contributed by atoms with Crippen molar-refractivity contribution >= 4 is 23.6 Å². The number of non-ortho nitro benzene ring substituents is 1. The van der Waals surface area contributed by atoms with E-state index >= 15 is 0 Å². The summed E-state index contributed by atoms with van der Waals surface area (Å²) in [5.74, 6) is -0.799. The van der Waals surface area contributed by atoms with Crippen molar-refractivity contribution in [3.8, 4) is 0 Å². The van der Waals surface area contributed by atoms with Gasteiger partial charge in [-0.1, -0.05) is 18.2 Å². The molecule has 0 aliphatic heterocycles. The average Bonchev–Trinajstić information content (AvgIpc) is 2.61. The molecule has 0 saturated carbocycles. The molecule has 2 aromatic carbocycles. The molecular weight excluding hydrogens is 322 g/mol. The van der Waals surface area contributed by atoms with E-state index in [0.29, 0.717) is 11.1 Å². The summed E-state index contributed by atoms with van der Waals surface area (Å²) in [6.45, 7) is 0. The number of hydrogen-bond donors (Lipinski definition) is 1. The van der Waals surface area contributed by atoms with Gasteiger partial charge in [-0.2, -0.15) is 0 Å². The van der Waals surface area contributed by atoms with Crippen LogP contribution in [0.4, 0.5) is 5.69 Å². The van der Waals surface area contributed by atoms with E-state index < -0.39 is 10.8 Å². The molecule has 7 heteroatoms. The van der Waals surface area contributed by atoms with Gasteiger partial charge in [0.2, 0.25) is 0 Å². The molecule has 0 unspecified atom stereocenters. The van der Waals surface area contributed by atoms with Gasteiger partial charge in [0.25, 0.3) is 17.5 Å². The predicted octanol–water partition coefficient (Wildman–Crippen LogP) is 2.45. The quantitative estimate of drug-likeness (QED) is 0.514. The first-order valence-corrected chi connectivity index (χ1v) is 7.42. The van der Waals surface area contributed by atoms with Crippen molar-refractivity contribution in [3.63, 3.8) is 0 Å². The molecule has 7 nitrogen and oxygen atoms in total. The molecule has 2 aromatic rings. The lowest BCUT2D eigenvalue weighted by Crippen LogP contribution is -2.34. The van der Waals surface area contributed by atoms with Crippen LogP contribution in [0, 0.1) is 10.1 Å². The molecule has 1 N–H and O–H groups in total. The molecule has 2 amide bonds. The molecule has 0 aliphatic carbocycles. The highest BCUT2D eigenvalue weighted by Gasteiger charge is 2.16. The molecular formula is C18H17N3O4. The van der Waals surface area contributed by atoms with Crippen molar-refractivity contribution in [3.05, 3.63) is 81.5 Å². The zero-order valence-corrected chi connectivity index (χ0v) is 13.8. The molecule has 2 rings (SSSR count). The maximum Gasteiger partial charge on any atom is 0.269 e. The maximum atomic E-state index is 12.3. The molecule has 0 radical (unpaired) electrons. The number of likely N-dealkylation sites (N-methyl/N-ethyl adjacent to an activating group) is 1. The molecule has 0 atom stereocenters. The van der Waals surface area contributed by atoms with Crippen LogP contribution in [-0.4, -0.2) is 35.7 Å². The summed E-state index contributed by atoms with van der Waals surface area (Å²) in [5.41, 5.74) is 1.01. The van der Waals surface area contributed by atoms with Crippen LogP contribution < -0.4 is 5.32 Å². The van der Waals surface area contributed by atoms with Crippen LogP contribution in [0.15, 0.2) is 60.3 Å². The van der Waals surface area contributed by atoms with E-state index in [4.69, 9.17) is 0 Å². The van der Waals surface area contributed by atoms with Gasteiger partial charge in [-0.25, -0.2) is 0 Å². The van der Waals surface area contributed by atoms with Gasteiger partial charge < -0.3 is 10.2 Å². The van der Waals surface area contributed by atoms with Gasteiger partial charge in [0.15, 0.2) is 0 Å².